The second-order valence-electron chi connectivity index (χ2n) is 3.35. The number of nitrogens with zero attached hydrogens (tertiary/aromatic N) is 2. The zero-order chi connectivity index (χ0) is 12.1. The molecule has 0 aliphatic rings. The van der Waals surface area contributed by atoms with Gasteiger partial charge in [0.05, 0.1) is 6.42 Å². The van der Waals surface area contributed by atoms with E-state index in [-0.39, 0.29) is 6.42 Å². The largest absolute Gasteiger partial charge is 0.481 e. The molecule has 2 aromatic rings. The van der Waals surface area contributed by atoms with Gasteiger partial charge in [-0.1, -0.05) is 12.1 Å². The normalized spacial score (nSPS) is 10.1. The summed E-state index contributed by atoms with van der Waals surface area (Å²) in [4.78, 5) is 19.7. The minimum Gasteiger partial charge on any atom is -0.481 e. The predicted molar refractivity (Wildman–Crippen MR) is 63.9 cm³/mol. The number of rotatable bonds is 4. The van der Waals surface area contributed by atoms with Crippen LogP contribution in [0.3, 0.4) is 0 Å². The molecule has 5 heteroatoms. The topological polar surface area (TPSA) is 63.1 Å². The second-order valence-corrected chi connectivity index (χ2v) is 4.39. The molecule has 17 heavy (non-hydrogen) atoms. The molecule has 0 radical (unpaired) electrons. The van der Waals surface area contributed by atoms with Gasteiger partial charge in [0.1, 0.15) is 0 Å². The monoisotopic (exact) mass is 246 g/mol. The Bertz CT molecular complexity index is 500. The Kier molecular flexibility index (Phi) is 3.72. The first kappa shape index (κ1) is 11.6. The summed E-state index contributed by atoms with van der Waals surface area (Å²) in [6, 6.07) is 9.12. The number of carboxylic acid groups (broad SMARTS) is 1. The van der Waals surface area contributed by atoms with Crippen molar-refractivity contribution >= 4 is 17.7 Å². The van der Waals surface area contributed by atoms with Crippen molar-refractivity contribution in [2.24, 2.45) is 0 Å². The molecule has 0 aliphatic carbocycles. The van der Waals surface area contributed by atoms with Crippen molar-refractivity contribution in [2.75, 3.05) is 0 Å². The lowest BCUT2D eigenvalue weighted by Crippen LogP contribution is -1.99. The quantitative estimate of drug-likeness (QED) is 0.838. The Morgan fingerprint density at radius 1 is 1.18 bits per heavy atom. The predicted octanol–water partition coefficient (Wildman–Crippen LogP) is 2.25. The van der Waals surface area contributed by atoms with Crippen LogP contribution in [0, 0.1) is 0 Å². The first-order valence-electron chi connectivity index (χ1n) is 4.99. The third-order valence-electron chi connectivity index (χ3n) is 2.03. The average molecular weight is 246 g/mol. The zero-order valence-corrected chi connectivity index (χ0v) is 9.72. The lowest BCUT2D eigenvalue weighted by Gasteiger charge is -2.01. The van der Waals surface area contributed by atoms with Gasteiger partial charge in [-0.25, -0.2) is 9.97 Å². The minimum absolute atomic E-state index is 0.0484. The van der Waals surface area contributed by atoms with E-state index in [1.54, 1.807) is 30.6 Å². The Morgan fingerprint density at radius 3 is 2.41 bits per heavy atom. The first-order chi connectivity index (χ1) is 8.24. The van der Waals surface area contributed by atoms with Gasteiger partial charge in [0.15, 0.2) is 5.16 Å². The summed E-state index contributed by atoms with van der Waals surface area (Å²) in [5, 5.41) is 9.33. The summed E-state index contributed by atoms with van der Waals surface area (Å²) >= 11 is 1.45. The summed E-state index contributed by atoms with van der Waals surface area (Å²) in [7, 11) is 0. The van der Waals surface area contributed by atoms with Crippen LogP contribution in [0.4, 0.5) is 0 Å². The molecule has 1 aromatic carbocycles. The molecule has 0 unspecified atom stereocenters. The SMILES string of the molecule is O=C(O)Cc1ccc(Sc2ncccn2)cc1. The summed E-state index contributed by atoms with van der Waals surface area (Å²) in [5.74, 6) is -0.822. The van der Waals surface area contributed by atoms with E-state index in [2.05, 4.69) is 9.97 Å². The van der Waals surface area contributed by atoms with Gasteiger partial charge in [0, 0.05) is 17.3 Å². The van der Waals surface area contributed by atoms with Gasteiger partial charge >= 0.3 is 5.97 Å². The number of hydrogen-bond donors (Lipinski definition) is 1. The lowest BCUT2D eigenvalue weighted by atomic mass is 10.2. The van der Waals surface area contributed by atoms with Gasteiger partial charge in [0.2, 0.25) is 0 Å². The lowest BCUT2D eigenvalue weighted by molar-refractivity contribution is -0.136. The molecule has 0 aliphatic heterocycles. The Morgan fingerprint density at radius 2 is 1.82 bits per heavy atom. The molecular formula is C12H10N2O2S. The van der Waals surface area contributed by atoms with E-state index in [0.717, 1.165) is 10.5 Å². The minimum atomic E-state index is -0.822. The fourth-order valence-corrected chi connectivity index (χ4v) is 2.00. The molecular weight excluding hydrogens is 236 g/mol. The van der Waals surface area contributed by atoms with E-state index >= 15 is 0 Å². The molecule has 1 N–H and O–H groups in total. The fraction of sp³-hybridized carbons (Fsp3) is 0.0833. The summed E-state index contributed by atoms with van der Waals surface area (Å²) in [6.45, 7) is 0. The molecule has 86 valence electrons. The van der Waals surface area contributed by atoms with Crippen LogP contribution in [0.15, 0.2) is 52.8 Å². The Balaban J connectivity index is 2.06. The highest BCUT2D eigenvalue weighted by Gasteiger charge is 2.02. The first-order valence-corrected chi connectivity index (χ1v) is 5.81. The maximum absolute atomic E-state index is 10.5. The smallest absolute Gasteiger partial charge is 0.307 e. The molecule has 0 spiro atoms. The van der Waals surface area contributed by atoms with E-state index in [4.69, 9.17) is 5.11 Å². The maximum Gasteiger partial charge on any atom is 0.307 e. The summed E-state index contributed by atoms with van der Waals surface area (Å²) < 4.78 is 0. The number of aliphatic carboxylic acids is 1. The van der Waals surface area contributed by atoms with Crippen LogP contribution in [0.5, 0.6) is 0 Å². The van der Waals surface area contributed by atoms with E-state index in [1.165, 1.54) is 11.8 Å². The summed E-state index contributed by atoms with van der Waals surface area (Å²) in [6.07, 6.45) is 3.43. The van der Waals surface area contributed by atoms with Gasteiger partial charge < -0.3 is 5.11 Å². The summed E-state index contributed by atoms with van der Waals surface area (Å²) in [5.41, 5.74) is 0.788. The molecule has 0 fully saturated rings. The van der Waals surface area contributed by atoms with E-state index in [1.807, 2.05) is 12.1 Å². The number of benzene rings is 1. The molecule has 2 rings (SSSR count). The third kappa shape index (κ3) is 3.57. The molecule has 0 atom stereocenters. The van der Waals surface area contributed by atoms with Crippen LogP contribution in [0.2, 0.25) is 0 Å². The number of hydrogen-bond acceptors (Lipinski definition) is 4. The van der Waals surface area contributed by atoms with E-state index in [0.29, 0.717) is 5.16 Å². The fourth-order valence-electron chi connectivity index (χ4n) is 1.29. The van der Waals surface area contributed by atoms with Crippen molar-refractivity contribution in [3.8, 4) is 0 Å². The van der Waals surface area contributed by atoms with E-state index in [9.17, 15) is 4.79 Å². The molecule has 1 aromatic heterocycles. The molecule has 0 bridgehead atoms. The van der Waals surface area contributed by atoms with Gasteiger partial charge in [-0.05, 0) is 35.5 Å². The van der Waals surface area contributed by atoms with Crippen LogP contribution in [0.1, 0.15) is 5.56 Å². The molecule has 0 amide bonds. The van der Waals surface area contributed by atoms with Crippen molar-refractivity contribution in [2.45, 2.75) is 16.5 Å². The van der Waals surface area contributed by atoms with Gasteiger partial charge in [-0.3, -0.25) is 4.79 Å². The van der Waals surface area contributed by atoms with Crippen LogP contribution >= 0.6 is 11.8 Å². The highest BCUT2D eigenvalue weighted by molar-refractivity contribution is 7.99. The molecule has 1 heterocycles. The zero-order valence-electron chi connectivity index (χ0n) is 8.91. The average Bonchev–Trinajstić information content (AvgIpc) is 2.32. The number of aromatic nitrogens is 2. The standard InChI is InChI=1S/C12H10N2O2S/c15-11(16)8-9-2-4-10(5-3-9)17-12-13-6-1-7-14-12/h1-7H,8H2,(H,15,16). The second kappa shape index (κ2) is 5.45. The Hall–Kier alpha value is -1.88. The van der Waals surface area contributed by atoms with Gasteiger partial charge in [-0.15, -0.1) is 0 Å². The van der Waals surface area contributed by atoms with Crippen molar-refractivity contribution in [1.82, 2.24) is 9.97 Å². The van der Waals surface area contributed by atoms with Crippen molar-refractivity contribution in [1.29, 1.82) is 0 Å². The van der Waals surface area contributed by atoms with Crippen molar-refractivity contribution in [3.63, 3.8) is 0 Å². The molecule has 0 saturated heterocycles. The van der Waals surface area contributed by atoms with E-state index < -0.39 is 5.97 Å². The Labute approximate surface area is 103 Å². The molecule has 4 nitrogen and oxygen atoms in total. The van der Waals surface area contributed by atoms with Crippen LogP contribution in [-0.4, -0.2) is 21.0 Å². The number of carbonyl (C=O) groups is 1. The van der Waals surface area contributed by atoms with Crippen molar-refractivity contribution < 1.29 is 9.90 Å². The van der Waals surface area contributed by atoms with Crippen molar-refractivity contribution in [3.05, 3.63) is 48.3 Å². The van der Waals surface area contributed by atoms with Crippen LogP contribution in [0.25, 0.3) is 0 Å². The van der Waals surface area contributed by atoms with Crippen LogP contribution in [-0.2, 0) is 11.2 Å². The van der Waals surface area contributed by atoms with Gasteiger partial charge in [0.25, 0.3) is 0 Å². The number of carboxylic acids is 1. The maximum atomic E-state index is 10.5. The highest BCUT2D eigenvalue weighted by atomic mass is 32.2. The van der Waals surface area contributed by atoms with Crippen LogP contribution < -0.4 is 0 Å². The highest BCUT2D eigenvalue weighted by Crippen LogP contribution is 2.24. The third-order valence-corrected chi connectivity index (χ3v) is 2.93. The van der Waals surface area contributed by atoms with Gasteiger partial charge in [-0.2, -0.15) is 0 Å². The molecule has 0 saturated carbocycles.